The van der Waals surface area contributed by atoms with E-state index in [-0.39, 0.29) is 61.6 Å². The van der Waals surface area contributed by atoms with E-state index in [1.54, 1.807) is 13.0 Å². The van der Waals surface area contributed by atoms with E-state index in [1.165, 1.54) is 38.5 Å². The molecule has 1 aliphatic carbocycles. The van der Waals surface area contributed by atoms with Crippen LogP contribution in [0.2, 0.25) is 0 Å². The lowest BCUT2D eigenvalue weighted by atomic mass is 9.68. The Hall–Kier alpha value is -4.46. The third-order valence-corrected chi connectivity index (χ3v) is 10.6. The SMILES string of the molecule is COCCOC(=O)Oc1cc2c(ccc1=O)C[C@H]1CC(C)(C)/C=C/C[C@]3(C)Oc4cc(OC(=O)OCCOC)c(=O)cc(C)c4C[C@H]3C[C@H](O)[C@@]1(C)O2. The van der Waals surface area contributed by atoms with Gasteiger partial charge in [-0.1, -0.05) is 32.1 Å². The highest BCUT2D eigenvalue weighted by molar-refractivity contribution is 5.65. The maximum Gasteiger partial charge on any atom is 0.514 e. The van der Waals surface area contributed by atoms with Crippen molar-refractivity contribution in [3.63, 3.8) is 0 Å². The molecular weight excluding hydrogens is 688 g/mol. The number of aliphatic hydroxyl groups excluding tert-OH is 1. The molecular formula is C40H50O13. The van der Waals surface area contributed by atoms with Crippen LogP contribution in [-0.2, 0) is 31.8 Å². The lowest BCUT2D eigenvalue weighted by Crippen LogP contribution is -2.56. The number of hydrogen-bond acceptors (Lipinski definition) is 13. The van der Waals surface area contributed by atoms with Crippen LogP contribution < -0.4 is 29.8 Å². The van der Waals surface area contributed by atoms with Crippen molar-refractivity contribution in [2.75, 3.05) is 40.6 Å². The summed E-state index contributed by atoms with van der Waals surface area (Å²) >= 11 is 0. The van der Waals surface area contributed by atoms with Gasteiger partial charge in [-0.25, -0.2) is 9.59 Å². The Morgan fingerprint density at radius 3 is 2.08 bits per heavy atom. The van der Waals surface area contributed by atoms with E-state index < -0.39 is 40.5 Å². The molecule has 13 heteroatoms. The van der Waals surface area contributed by atoms with Crippen LogP contribution in [0.25, 0.3) is 0 Å². The van der Waals surface area contributed by atoms with Gasteiger partial charge in [0, 0.05) is 44.6 Å². The summed E-state index contributed by atoms with van der Waals surface area (Å²) in [4.78, 5) is 50.9. The van der Waals surface area contributed by atoms with Crippen molar-refractivity contribution in [2.45, 2.75) is 84.0 Å². The molecule has 53 heavy (non-hydrogen) atoms. The molecule has 0 saturated carbocycles. The third kappa shape index (κ3) is 9.20. The van der Waals surface area contributed by atoms with Crippen LogP contribution in [0.5, 0.6) is 23.0 Å². The first kappa shape index (κ1) is 39.7. The summed E-state index contributed by atoms with van der Waals surface area (Å²) in [5.74, 6) is -0.196. The molecule has 2 aromatic carbocycles. The Kier molecular flexibility index (Phi) is 12.2. The number of carbonyl (C=O) groups excluding carboxylic acids is 2. The van der Waals surface area contributed by atoms with Crippen LogP contribution >= 0.6 is 0 Å². The standard InChI is InChI=1S/C40H50O13/c1-24-17-30(42)34(51-37(45)49-16-14-47-7)22-32-28(24)19-26-20-35(43)40(5)27(23-38(2,3)11-8-12-39(26,4)52-32)18-25-9-10-29(41)33(21-31(25)53-40)50-36(44)48-15-13-46-6/h8-11,17,21-22,26-27,35,43H,12-16,18-20,23H2,1-7H3/b11-8+/t26-,27-,35-,39-,40-/m0/s1. The van der Waals surface area contributed by atoms with E-state index in [2.05, 4.69) is 26.0 Å². The fraction of sp³-hybridized carbons (Fsp3) is 0.550. The smallest absolute Gasteiger partial charge is 0.487 e. The minimum Gasteiger partial charge on any atom is -0.487 e. The summed E-state index contributed by atoms with van der Waals surface area (Å²) in [5.41, 5.74) is -1.22. The molecule has 5 rings (SSSR count). The van der Waals surface area contributed by atoms with Gasteiger partial charge in [0.25, 0.3) is 0 Å². The molecule has 0 spiro atoms. The molecule has 2 heterocycles. The number of ether oxygens (including phenoxy) is 8. The first-order valence-electron chi connectivity index (χ1n) is 17.8. The summed E-state index contributed by atoms with van der Waals surface area (Å²) in [6, 6.07) is 7.25. The summed E-state index contributed by atoms with van der Waals surface area (Å²) in [6.07, 6.45) is 3.52. The van der Waals surface area contributed by atoms with Crippen molar-refractivity contribution in [2.24, 2.45) is 17.3 Å². The molecule has 0 radical (unpaired) electrons. The summed E-state index contributed by atoms with van der Waals surface area (Å²) in [5, 5.41) is 12.3. The lowest BCUT2D eigenvalue weighted by molar-refractivity contribution is -0.117. The first-order valence-corrected chi connectivity index (χ1v) is 17.8. The molecule has 0 bridgehead atoms. The molecule has 0 unspecified atom stereocenters. The Morgan fingerprint density at radius 1 is 0.811 bits per heavy atom. The van der Waals surface area contributed by atoms with Crippen molar-refractivity contribution >= 4 is 12.3 Å². The van der Waals surface area contributed by atoms with Crippen LogP contribution in [-0.4, -0.2) is 75.4 Å². The van der Waals surface area contributed by atoms with Gasteiger partial charge < -0.3 is 43.0 Å². The quantitative estimate of drug-likeness (QED) is 0.206. The van der Waals surface area contributed by atoms with Gasteiger partial charge in [0.1, 0.15) is 35.9 Å². The van der Waals surface area contributed by atoms with E-state index in [1.807, 2.05) is 13.8 Å². The molecule has 0 amide bonds. The lowest BCUT2D eigenvalue weighted by Gasteiger charge is -2.49. The highest BCUT2D eigenvalue weighted by Crippen LogP contribution is 2.49. The van der Waals surface area contributed by atoms with Crippen LogP contribution in [0, 0.1) is 24.2 Å². The predicted molar refractivity (Wildman–Crippen MR) is 193 cm³/mol. The van der Waals surface area contributed by atoms with E-state index >= 15 is 0 Å². The number of aryl methyl sites for hydroxylation is 1. The van der Waals surface area contributed by atoms with Crippen molar-refractivity contribution < 1.29 is 52.6 Å². The molecule has 288 valence electrons. The number of allylic oxidation sites excluding steroid dienone is 1. The van der Waals surface area contributed by atoms with E-state index in [0.29, 0.717) is 42.7 Å². The van der Waals surface area contributed by atoms with Gasteiger partial charge in [-0.15, -0.1) is 0 Å². The zero-order valence-corrected chi connectivity index (χ0v) is 31.5. The Labute approximate surface area is 309 Å². The number of aliphatic hydroxyl groups is 1. The first-order chi connectivity index (χ1) is 25.1. The molecule has 2 aliphatic heterocycles. The number of rotatable bonds is 8. The Bertz CT molecular complexity index is 1840. The van der Waals surface area contributed by atoms with Crippen LogP contribution in [0.1, 0.15) is 63.6 Å². The number of hydrogen-bond donors (Lipinski definition) is 1. The topological polar surface area (TPSA) is 162 Å². The highest BCUT2D eigenvalue weighted by Gasteiger charge is 2.51. The number of carbonyl (C=O) groups is 2. The maximum atomic E-state index is 13.2. The van der Waals surface area contributed by atoms with Gasteiger partial charge >= 0.3 is 12.3 Å². The molecule has 0 fully saturated rings. The second-order valence-electron chi connectivity index (χ2n) is 15.1. The molecule has 2 aromatic rings. The van der Waals surface area contributed by atoms with E-state index in [0.717, 1.165) is 11.1 Å². The summed E-state index contributed by atoms with van der Waals surface area (Å²) in [6.45, 7) is 10.2. The van der Waals surface area contributed by atoms with E-state index in [4.69, 9.17) is 37.9 Å². The molecule has 5 atom stereocenters. The average molecular weight is 739 g/mol. The third-order valence-electron chi connectivity index (χ3n) is 10.6. The normalized spacial score (nSPS) is 26.3. The van der Waals surface area contributed by atoms with Crippen molar-refractivity contribution in [3.05, 3.63) is 79.6 Å². The summed E-state index contributed by atoms with van der Waals surface area (Å²) in [7, 11) is 2.94. The van der Waals surface area contributed by atoms with E-state index in [9.17, 15) is 24.3 Å². The second kappa shape index (κ2) is 16.3. The van der Waals surface area contributed by atoms with Crippen LogP contribution in [0.3, 0.4) is 0 Å². The van der Waals surface area contributed by atoms with Gasteiger partial charge in [0.15, 0.2) is 11.5 Å². The minimum absolute atomic E-state index is 0.0348. The van der Waals surface area contributed by atoms with Crippen molar-refractivity contribution in [1.82, 2.24) is 0 Å². The fourth-order valence-electron chi connectivity index (χ4n) is 7.44. The predicted octanol–water partition coefficient (Wildman–Crippen LogP) is 5.49. The zero-order valence-electron chi connectivity index (χ0n) is 31.5. The number of fused-ring (bicyclic) bond motifs is 4. The summed E-state index contributed by atoms with van der Waals surface area (Å²) < 4.78 is 43.9. The minimum atomic E-state index is -1.14. The van der Waals surface area contributed by atoms with Crippen molar-refractivity contribution in [3.8, 4) is 23.0 Å². The van der Waals surface area contributed by atoms with Crippen LogP contribution in [0.15, 0.2) is 52.1 Å². The van der Waals surface area contributed by atoms with Gasteiger partial charge in [-0.05, 0) is 80.7 Å². The number of methoxy groups -OCH3 is 2. The Morgan fingerprint density at radius 2 is 1.43 bits per heavy atom. The highest BCUT2D eigenvalue weighted by atomic mass is 16.7. The van der Waals surface area contributed by atoms with Gasteiger partial charge in [0.2, 0.25) is 10.9 Å². The Balaban J connectivity index is 1.50. The van der Waals surface area contributed by atoms with Gasteiger partial charge in [-0.3, -0.25) is 9.59 Å². The largest absolute Gasteiger partial charge is 0.514 e. The second-order valence-corrected chi connectivity index (χ2v) is 15.1. The zero-order chi connectivity index (χ0) is 38.6. The van der Waals surface area contributed by atoms with Crippen molar-refractivity contribution in [1.29, 1.82) is 0 Å². The monoisotopic (exact) mass is 738 g/mol. The maximum absolute atomic E-state index is 13.2. The molecule has 13 nitrogen and oxygen atoms in total. The molecule has 0 aromatic heterocycles. The van der Waals surface area contributed by atoms with Gasteiger partial charge in [-0.2, -0.15) is 0 Å². The average Bonchev–Trinajstić information content (AvgIpc) is 3.29. The van der Waals surface area contributed by atoms with Crippen LogP contribution in [0.4, 0.5) is 9.59 Å². The molecule has 1 N–H and O–H groups in total. The van der Waals surface area contributed by atoms with Gasteiger partial charge in [0.05, 0.1) is 19.3 Å². The fourth-order valence-corrected chi connectivity index (χ4v) is 7.44. The molecule has 3 aliphatic rings. The molecule has 0 saturated heterocycles.